The van der Waals surface area contributed by atoms with Crippen LogP contribution < -0.4 is 0 Å². The van der Waals surface area contributed by atoms with Crippen LogP contribution in [0.3, 0.4) is 0 Å². The molecule has 0 radical (unpaired) electrons. The topological polar surface area (TPSA) is 61.5 Å². The number of hydrogen-bond donors (Lipinski definition) is 1. The number of nitrogens with one attached hydrogen (secondary N) is 1. The fraction of sp³-hybridized carbons (Fsp3) is 0.750. The molecule has 1 aromatic rings. The number of aromatic amines is 1. The van der Waals surface area contributed by atoms with Crippen LogP contribution in [-0.2, 0) is 29.0 Å². The fourth-order valence-corrected chi connectivity index (χ4v) is 3.83. The minimum atomic E-state index is -0.214. The highest BCUT2D eigenvalue weighted by Gasteiger charge is 2.32. The van der Waals surface area contributed by atoms with Gasteiger partial charge in [0.05, 0.1) is 17.9 Å². The summed E-state index contributed by atoms with van der Waals surface area (Å²) < 4.78 is 5.53. The molecule has 120 valence electrons. The van der Waals surface area contributed by atoms with Crippen LogP contribution in [0, 0.1) is 0 Å². The van der Waals surface area contributed by atoms with Crippen molar-refractivity contribution in [1.29, 1.82) is 0 Å². The van der Waals surface area contributed by atoms with Crippen molar-refractivity contribution >= 4 is 5.91 Å². The molecule has 6 nitrogen and oxygen atoms in total. The van der Waals surface area contributed by atoms with Crippen LogP contribution in [0.2, 0.25) is 0 Å². The fourth-order valence-electron chi connectivity index (χ4n) is 3.83. The average Bonchev–Trinajstić information content (AvgIpc) is 3.29. The molecule has 0 saturated carbocycles. The number of carbonyl (C=O) groups excluding carboxylic acids is 1. The summed E-state index contributed by atoms with van der Waals surface area (Å²) >= 11 is 0. The van der Waals surface area contributed by atoms with E-state index in [4.69, 9.17) is 4.74 Å². The van der Waals surface area contributed by atoms with E-state index in [1.54, 1.807) is 0 Å². The Bertz CT molecular complexity index is 544. The average molecular weight is 304 g/mol. The van der Waals surface area contributed by atoms with E-state index < -0.39 is 0 Å². The predicted molar refractivity (Wildman–Crippen MR) is 81.2 cm³/mol. The first-order valence-electron chi connectivity index (χ1n) is 8.49. The number of nitrogens with zero attached hydrogens (tertiary/aromatic N) is 3. The van der Waals surface area contributed by atoms with Crippen LogP contribution in [0.5, 0.6) is 0 Å². The van der Waals surface area contributed by atoms with Crippen LogP contribution in [0.4, 0.5) is 0 Å². The molecule has 1 N–H and O–H groups in total. The zero-order valence-electron chi connectivity index (χ0n) is 13.0. The maximum atomic E-state index is 12.5. The third-order valence-corrected chi connectivity index (χ3v) is 5.11. The van der Waals surface area contributed by atoms with Gasteiger partial charge in [-0.2, -0.15) is 5.10 Å². The van der Waals surface area contributed by atoms with Crippen LogP contribution >= 0.6 is 0 Å². The molecule has 0 aliphatic carbocycles. The van der Waals surface area contributed by atoms with Crippen LogP contribution in [0.15, 0.2) is 0 Å². The van der Waals surface area contributed by atoms with Gasteiger partial charge in [0.15, 0.2) is 0 Å². The van der Waals surface area contributed by atoms with Gasteiger partial charge in [-0.1, -0.05) is 0 Å². The lowest BCUT2D eigenvalue weighted by atomic mass is 10.0. The van der Waals surface area contributed by atoms with E-state index in [1.807, 2.05) is 4.90 Å². The van der Waals surface area contributed by atoms with Crippen LogP contribution in [0.1, 0.15) is 42.6 Å². The minimum absolute atomic E-state index is 0.152. The van der Waals surface area contributed by atoms with E-state index in [9.17, 15) is 4.79 Å². The highest BCUT2D eigenvalue weighted by atomic mass is 16.5. The van der Waals surface area contributed by atoms with Crippen molar-refractivity contribution in [2.45, 2.75) is 51.3 Å². The molecule has 1 amide bonds. The first-order chi connectivity index (χ1) is 10.8. The quantitative estimate of drug-likeness (QED) is 0.907. The Hall–Kier alpha value is -1.40. The number of carbonyl (C=O) groups is 1. The van der Waals surface area contributed by atoms with Crippen molar-refractivity contribution in [3.05, 3.63) is 17.0 Å². The number of fused-ring (bicyclic) bond motifs is 1. The highest BCUT2D eigenvalue weighted by Crippen LogP contribution is 2.24. The van der Waals surface area contributed by atoms with E-state index in [0.717, 1.165) is 44.7 Å². The lowest BCUT2D eigenvalue weighted by molar-refractivity contribution is -0.141. The molecule has 0 aromatic carbocycles. The molecular weight excluding hydrogens is 280 g/mol. The molecule has 6 heteroatoms. The predicted octanol–water partition coefficient (Wildman–Crippen LogP) is 1.07. The van der Waals surface area contributed by atoms with Gasteiger partial charge >= 0.3 is 0 Å². The molecule has 1 unspecified atom stereocenters. The van der Waals surface area contributed by atoms with Crippen molar-refractivity contribution < 1.29 is 9.53 Å². The van der Waals surface area contributed by atoms with E-state index in [1.165, 1.54) is 37.2 Å². The standard InChI is InChI=1S/C16H24N4O2/c21-16(15-4-3-9-22-15)20-8-5-12-13(17-18-14(12)11-20)10-19-6-1-2-7-19/h15H,1-11H2,(H,17,18). The molecule has 2 fully saturated rings. The van der Waals surface area contributed by atoms with E-state index in [2.05, 4.69) is 15.1 Å². The van der Waals surface area contributed by atoms with E-state index >= 15 is 0 Å². The van der Waals surface area contributed by atoms with Gasteiger partial charge in [0.1, 0.15) is 6.10 Å². The second-order valence-corrected chi connectivity index (χ2v) is 6.62. The van der Waals surface area contributed by atoms with E-state index in [-0.39, 0.29) is 12.0 Å². The summed E-state index contributed by atoms with van der Waals surface area (Å²) in [7, 11) is 0. The molecule has 1 aromatic heterocycles. The van der Waals surface area contributed by atoms with Gasteiger partial charge in [-0.3, -0.25) is 14.8 Å². The Morgan fingerprint density at radius 3 is 2.91 bits per heavy atom. The van der Waals surface area contributed by atoms with Crippen LogP contribution in [-0.4, -0.2) is 58.2 Å². The Labute approximate surface area is 130 Å². The summed E-state index contributed by atoms with van der Waals surface area (Å²) in [6.45, 7) is 5.49. The van der Waals surface area contributed by atoms with Gasteiger partial charge in [0.2, 0.25) is 0 Å². The minimum Gasteiger partial charge on any atom is -0.368 e. The lowest BCUT2D eigenvalue weighted by Crippen LogP contribution is -2.42. The van der Waals surface area contributed by atoms with Gasteiger partial charge in [0, 0.05) is 25.3 Å². The van der Waals surface area contributed by atoms with Crippen molar-refractivity contribution in [1.82, 2.24) is 20.0 Å². The van der Waals surface area contributed by atoms with Crippen LogP contribution in [0.25, 0.3) is 0 Å². The highest BCUT2D eigenvalue weighted by molar-refractivity contribution is 5.81. The molecule has 3 aliphatic heterocycles. The molecule has 3 aliphatic rings. The molecule has 0 spiro atoms. The number of H-pyrrole nitrogens is 1. The number of ether oxygens (including phenoxy) is 1. The van der Waals surface area contributed by atoms with Gasteiger partial charge in [-0.15, -0.1) is 0 Å². The largest absolute Gasteiger partial charge is 0.368 e. The maximum Gasteiger partial charge on any atom is 0.252 e. The van der Waals surface area contributed by atoms with E-state index in [0.29, 0.717) is 6.54 Å². The maximum absolute atomic E-state index is 12.5. The zero-order valence-corrected chi connectivity index (χ0v) is 13.0. The summed E-state index contributed by atoms with van der Waals surface area (Å²) in [5, 5.41) is 7.68. The Balaban J connectivity index is 1.43. The molecular formula is C16H24N4O2. The molecule has 0 bridgehead atoms. The molecule has 4 heterocycles. The second-order valence-electron chi connectivity index (χ2n) is 6.62. The first kappa shape index (κ1) is 14.2. The Morgan fingerprint density at radius 1 is 1.27 bits per heavy atom. The third-order valence-electron chi connectivity index (χ3n) is 5.11. The molecule has 22 heavy (non-hydrogen) atoms. The smallest absolute Gasteiger partial charge is 0.252 e. The van der Waals surface area contributed by atoms with Crippen molar-refractivity contribution in [2.75, 3.05) is 26.2 Å². The van der Waals surface area contributed by atoms with Gasteiger partial charge in [-0.05, 0) is 45.2 Å². The Kier molecular flexibility index (Phi) is 3.88. The first-order valence-corrected chi connectivity index (χ1v) is 8.49. The monoisotopic (exact) mass is 304 g/mol. The Morgan fingerprint density at radius 2 is 2.14 bits per heavy atom. The number of aromatic nitrogens is 2. The summed E-state index contributed by atoms with van der Waals surface area (Å²) in [6.07, 6.45) is 5.17. The normalized spacial score (nSPS) is 25.6. The summed E-state index contributed by atoms with van der Waals surface area (Å²) in [4.78, 5) is 16.9. The molecule has 1 atom stereocenters. The van der Waals surface area contributed by atoms with Crippen molar-refractivity contribution in [3.8, 4) is 0 Å². The van der Waals surface area contributed by atoms with Crippen molar-refractivity contribution in [3.63, 3.8) is 0 Å². The number of rotatable bonds is 3. The second kappa shape index (κ2) is 6.01. The third kappa shape index (κ3) is 2.65. The van der Waals surface area contributed by atoms with Crippen molar-refractivity contribution in [2.24, 2.45) is 0 Å². The van der Waals surface area contributed by atoms with Gasteiger partial charge < -0.3 is 9.64 Å². The SMILES string of the molecule is O=C(C1CCCO1)N1CCc2c(CN3CCCC3)n[nH]c2C1. The lowest BCUT2D eigenvalue weighted by Gasteiger charge is -2.29. The summed E-state index contributed by atoms with van der Waals surface area (Å²) in [5.41, 5.74) is 3.64. The number of amides is 1. The van der Waals surface area contributed by atoms with Gasteiger partial charge in [0.25, 0.3) is 5.91 Å². The van der Waals surface area contributed by atoms with Gasteiger partial charge in [-0.25, -0.2) is 0 Å². The number of likely N-dealkylation sites (tertiary alicyclic amines) is 1. The summed E-state index contributed by atoms with van der Waals surface area (Å²) in [5.74, 6) is 0.152. The zero-order chi connectivity index (χ0) is 14.9. The number of hydrogen-bond acceptors (Lipinski definition) is 4. The molecule has 2 saturated heterocycles. The molecule has 4 rings (SSSR count). The summed E-state index contributed by atoms with van der Waals surface area (Å²) in [6, 6.07) is 0.